The Bertz CT molecular complexity index is 2620. The number of carbonyl (C=O) groups excluding carboxylic acids is 4. The highest BCUT2D eigenvalue weighted by Crippen LogP contribution is 2.32. The van der Waals surface area contributed by atoms with Crippen molar-refractivity contribution in [1.82, 2.24) is 44.8 Å². The van der Waals surface area contributed by atoms with Crippen molar-refractivity contribution < 1.29 is 23.9 Å². The van der Waals surface area contributed by atoms with Crippen LogP contribution in [0.25, 0.3) is 11.0 Å². The molecule has 19 heteroatoms. The zero-order valence-corrected chi connectivity index (χ0v) is 38.4. The minimum atomic E-state index is -0.409. The zero-order chi connectivity index (χ0) is 46.9. The Morgan fingerprint density at radius 2 is 1.55 bits per heavy atom. The van der Waals surface area contributed by atoms with E-state index in [-0.39, 0.29) is 46.6 Å². The molecule has 1 saturated carbocycles. The number of amides is 3. The first-order valence-electron chi connectivity index (χ1n) is 23.3. The van der Waals surface area contributed by atoms with Crippen LogP contribution in [0.15, 0.2) is 65.7 Å². The number of fused-ring (bicyclic) bond motifs is 1. The summed E-state index contributed by atoms with van der Waals surface area (Å²) >= 11 is 0. The number of para-hydroxylation sites is 1. The molecule has 4 aromatic heterocycles. The Kier molecular flexibility index (Phi) is 15.1. The minimum absolute atomic E-state index is 0.00207. The van der Waals surface area contributed by atoms with Crippen molar-refractivity contribution >= 4 is 63.5 Å². The number of benzene rings is 1. The lowest BCUT2D eigenvalue weighted by Gasteiger charge is -2.36. The Morgan fingerprint density at radius 3 is 2.25 bits per heavy atom. The molecule has 2 aliphatic heterocycles. The summed E-state index contributed by atoms with van der Waals surface area (Å²) in [6.45, 7) is 9.27. The average molecular weight is 914 g/mol. The standard InChI is InChI=1S/C48H59N13O6/c1-31-37-29-50-48(55-45(37)61(34-10-4-5-11-34)47(66)44(31)32(2)62)54-39-16-15-35(28-49-39)60-26-24-59(25-27-60)30-42(64)51-33-19-22-58(23-20-33)21-9-8-14-41(63)52-38-13-7-6-12-36(38)46(65)53-40-17-18-43(67-3)57-56-40/h6-7,12-13,15-18,28-29,33-34H,4-5,8-11,14,19-27,30H2,1-3H3,(H,51,64)(H,52,63)(H,53,56,65)(H,49,50,54,55). The second kappa shape index (κ2) is 21.6. The number of unbranched alkanes of at least 4 members (excludes halogenated alkanes) is 1. The number of pyridine rings is 2. The van der Waals surface area contributed by atoms with Gasteiger partial charge in [-0.1, -0.05) is 25.0 Å². The van der Waals surface area contributed by atoms with Crippen molar-refractivity contribution in [2.24, 2.45) is 0 Å². The average Bonchev–Trinajstić information content (AvgIpc) is 3.86. The van der Waals surface area contributed by atoms with E-state index in [9.17, 15) is 24.0 Å². The van der Waals surface area contributed by atoms with Gasteiger partial charge in [-0.15, -0.1) is 10.2 Å². The molecule has 6 heterocycles. The predicted octanol–water partition coefficient (Wildman–Crippen LogP) is 5.12. The van der Waals surface area contributed by atoms with E-state index >= 15 is 0 Å². The van der Waals surface area contributed by atoms with Crippen molar-refractivity contribution in [3.05, 3.63) is 88.0 Å². The van der Waals surface area contributed by atoms with Crippen LogP contribution in [0.2, 0.25) is 0 Å². The molecule has 5 aromatic rings. The Morgan fingerprint density at radius 1 is 0.791 bits per heavy atom. The van der Waals surface area contributed by atoms with Gasteiger partial charge >= 0.3 is 0 Å². The van der Waals surface area contributed by atoms with Gasteiger partial charge < -0.3 is 35.8 Å². The van der Waals surface area contributed by atoms with E-state index < -0.39 is 5.91 Å². The normalized spacial score (nSPS) is 16.2. The van der Waals surface area contributed by atoms with E-state index in [1.165, 1.54) is 14.0 Å². The zero-order valence-electron chi connectivity index (χ0n) is 38.4. The highest BCUT2D eigenvalue weighted by molar-refractivity contribution is 6.09. The number of ketones is 1. The van der Waals surface area contributed by atoms with Gasteiger partial charge in [-0.05, 0) is 94.8 Å². The second-order valence-corrected chi connectivity index (χ2v) is 17.5. The fraction of sp³-hybridized carbons (Fsp3) is 0.458. The first kappa shape index (κ1) is 46.7. The number of hydrogen-bond donors (Lipinski definition) is 4. The highest BCUT2D eigenvalue weighted by Gasteiger charge is 2.27. The molecule has 4 N–H and O–H groups in total. The fourth-order valence-corrected chi connectivity index (χ4v) is 9.31. The Hall–Kier alpha value is -6.86. The van der Waals surface area contributed by atoms with Crippen molar-refractivity contribution in [2.75, 3.05) is 80.3 Å². The number of Topliss-reactive ketones (excluding diaryl/α,β-unsaturated/α-hetero) is 1. The number of piperazine rings is 1. The molecule has 1 aliphatic carbocycles. The predicted molar refractivity (Wildman–Crippen MR) is 255 cm³/mol. The van der Waals surface area contributed by atoms with E-state index in [4.69, 9.17) is 9.72 Å². The molecule has 19 nitrogen and oxygen atoms in total. The molecule has 3 fully saturated rings. The number of methoxy groups -OCH3 is 1. The quantitative estimate of drug-likeness (QED) is 0.0703. The topological polar surface area (TPSA) is 222 Å². The number of aryl methyl sites for hydroxylation is 1. The Labute approximate surface area is 389 Å². The van der Waals surface area contributed by atoms with Crippen LogP contribution in [0.5, 0.6) is 5.88 Å². The van der Waals surface area contributed by atoms with Crippen LogP contribution in [-0.2, 0) is 9.59 Å². The van der Waals surface area contributed by atoms with Crippen molar-refractivity contribution in [1.29, 1.82) is 0 Å². The van der Waals surface area contributed by atoms with Crippen LogP contribution in [-0.4, -0.2) is 129 Å². The third-order valence-electron chi connectivity index (χ3n) is 13.0. The molecule has 0 atom stereocenters. The number of hydrogen-bond acceptors (Lipinski definition) is 15. The number of piperidine rings is 1. The maximum atomic E-state index is 13.6. The smallest absolute Gasteiger partial charge is 0.263 e. The summed E-state index contributed by atoms with van der Waals surface area (Å²) in [6.07, 6.45) is 11.0. The lowest BCUT2D eigenvalue weighted by molar-refractivity contribution is -0.123. The summed E-state index contributed by atoms with van der Waals surface area (Å²) in [5.74, 6) is 0.737. The number of rotatable bonds is 17. The summed E-state index contributed by atoms with van der Waals surface area (Å²) in [7, 11) is 1.48. The SMILES string of the molecule is COc1ccc(NC(=O)c2ccccc2NC(=O)CCCCN2CCC(NC(=O)CN3CCN(c4ccc(Nc5ncc6c(C)c(C(C)=O)c(=O)n(C7CCCC7)c6n5)nc4)CC3)CC2)nn1. The number of nitrogens with zero attached hydrogens (tertiary/aromatic N) is 9. The number of nitrogens with one attached hydrogen (secondary N) is 4. The van der Waals surface area contributed by atoms with Crippen molar-refractivity contribution in [2.45, 2.75) is 83.7 Å². The van der Waals surface area contributed by atoms with E-state index in [1.54, 1.807) is 54.1 Å². The molecule has 3 amide bonds. The molecule has 0 bridgehead atoms. The van der Waals surface area contributed by atoms with E-state index in [2.05, 4.69) is 56.1 Å². The van der Waals surface area contributed by atoms with Gasteiger partial charge in [-0.25, -0.2) is 9.97 Å². The van der Waals surface area contributed by atoms with Gasteiger partial charge in [0, 0.05) is 75.4 Å². The second-order valence-electron chi connectivity index (χ2n) is 17.5. The molecule has 0 unspecified atom stereocenters. The van der Waals surface area contributed by atoms with Crippen LogP contribution >= 0.6 is 0 Å². The van der Waals surface area contributed by atoms with Gasteiger partial charge in [0.05, 0.1) is 42.4 Å². The number of aromatic nitrogens is 6. The third-order valence-corrected chi connectivity index (χ3v) is 13.0. The molecule has 2 saturated heterocycles. The van der Waals surface area contributed by atoms with Crippen LogP contribution in [0.1, 0.15) is 97.0 Å². The summed E-state index contributed by atoms with van der Waals surface area (Å²) in [4.78, 5) is 85.7. The molecule has 352 valence electrons. The highest BCUT2D eigenvalue weighted by atomic mass is 16.5. The monoisotopic (exact) mass is 913 g/mol. The number of carbonyl (C=O) groups is 4. The van der Waals surface area contributed by atoms with Gasteiger partial charge in [-0.2, -0.15) is 4.98 Å². The largest absolute Gasteiger partial charge is 0.480 e. The summed E-state index contributed by atoms with van der Waals surface area (Å²) < 4.78 is 6.72. The van der Waals surface area contributed by atoms with Crippen LogP contribution in [0, 0.1) is 6.92 Å². The minimum Gasteiger partial charge on any atom is -0.480 e. The maximum absolute atomic E-state index is 13.6. The van der Waals surface area contributed by atoms with Gasteiger partial charge in [0.15, 0.2) is 11.6 Å². The number of likely N-dealkylation sites (tertiary alicyclic amines) is 1. The third kappa shape index (κ3) is 11.6. The Balaban J connectivity index is 0.723. The van der Waals surface area contributed by atoms with E-state index in [0.29, 0.717) is 64.9 Å². The first-order chi connectivity index (χ1) is 32.5. The van der Waals surface area contributed by atoms with E-state index in [1.807, 2.05) is 18.3 Å². The molecule has 3 aliphatic rings. The molecule has 1 aromatic carbocycles. The first-order valence-corrected chi connectivity index (χ1v) is 23.3. The summed E-state index contributed by atoms with van der Waals surface area (Å²) in [6, 6.07) is 14.1. The van der Waals surface area contributed by atoms with Gasteiger partial charge in [0.1, 0.15) is 11.5 Å². The van der Waals surface area contributed by atoms with E-state index in [0.717, 1.165) is 96.4 Å². The van der Waals surface area contributed by atoms with Crippen molar-refractivity contribution in [3.63, 3.8) is 0 Å². The van der Waals surface area contributed by atoms with Crippen LogP contribution < -0.4 is 36.5 Å². The molecular formula is C48H59N13O6. The molecular weight excluding hydrogens is 855 g/mol. The van der Waals surface area contributed by atoms with Gasteiger partial charge in [0.25, 0.3) is 11.5 Å². The molecule has 8 rings (SSSR count). The maximum Gasteiger partial charge on any atom is 0.263 e. The van der Waals surface area contributed by atoms with Gasteiger partial charge in [0.2, 0.25) is 23.6 Å². The number of anilines is 5. The fourth-order valence-electron chi connectivity index (χ4n) is 9.31. The van der Waals surface area contributed by atoms with Crippen molar-refractivity contribution in [3.8, 4) is 5.88 Å². The van der Waals surface area contributed by atoms with Gasteiger partial charge in [-0.3, -0.25) is 33.4 Å². The summed E-state index contributed by atoms with van der Waals surface area (Å²) in [5.41, 5.74) is 2.79. The summed E-state index contributed by atoms with van der Waals surface area (Å²) in [5, 5.41) is 20.5. The van der Waals surface area contributed by atoms with Crippen LogP contribution in [0.3, 0.4) is 0 Å². The molecule has 0 radical (unpaired) electrons. The lowest BCUT2D eigenvalue weighted by Crippen LogP contribution is -2.51. The molecule has 0 spiro atoms. The number of ether oxygens (including phenoxy) is 1. The van der Waals surface area contributed by atoms with Crippen LogP contribution in [0.4, 0.5) is 29.0 Å². The lowest BCUT2D eigenvalue weighted by atomic mass is 10.0. The molecule has 67 heavy (non-hydrogen) atoms.